The van der Waals surface area contributed by atoms with Crippen LogP contribution in [0.5, 0.6) is 0 Å². The highest BCUT2D eigenvalue weighted by Crippen LogP contribution is 2.36. The quantitative estimate of drug-likeness (QED) is 0.561. The van der Waals surface area contributed by atoms with Crippen LogP contribution in [0.15, 0.2) is 54.6 Å². The Kier molecular flexibility index (Phi) is 4.08. The first kappa shape index (κ1) is 15.9. The number of rotatable bonds is 2. The molecule has 0 bridgehead atoms. The van der Waals surface area contributed by atoms with Crippen molar-refractivity contribution >= 4 is 23.2 Å². The second-order valence-electron chi connectivity index (χ2n) is 4.78. The van der Waals surface area contributed by atoms with E-state index in [0.29, 0.717) is 16.3 Å². The molecule has 118 valence electrons. The SMILES string of the molecule is FC(F)(F)c1cc(-c2ccc(Cl)cc2Cl)n(-c2ccccc2)n1. The van der Waals surface area contributed by atoms with Crippen molar-refractivity contribution in [1.82, 2.24) is 9.78 Å². The van der Waals surface area contributed by atoms with Crippen molar-refractivity contribution in [2.45, 2.75) is 6.18 Å². The second-order valence-corrected chi connectivity index (χ2v) is 5.63. The van der Waals surface area contributed by atoms with Gasteiger partial charge < -0.3 is 0 Å². The fourth-order valence-electron chi connectivity index (χ4n) is 2.17. The summed E-state index contributed by atoms with van der Waals surface area (Å²) in [5.74, 6) is 0. The number of nitrogens with zero attached hydrogens (tertiary/aromatic N) is 2. The van der Waals surface area contributed by atoms with Gasteiger partial charge in [0, 0.05) is 10.6 Å². The van der Waals surface area contributed by atoms with Crippen LogP contribution in [-0.2, 0) is 6.18 Å². The molecule has 0 spiro atoms. The summed E-state index contributed by atoms with van der Waals surface area (Å²) in [6, 6.07) is 14.1. The first-order chi connectivity index (χ1) is 10.9. The first-order valence-electron chi connectivity index (χ1n) is 6.54. The van der Waals surface area contributed by atoms with Crippen LogP contribution in [0.2, 0.25) is 10.0 Å². The molecule has 3 aromatic rings. The monoisotopic (exact) mass is 356 g/mol. The first-order valence-corrected chi connectivity index (χ1v) is 7.30. The molecule has 0 unspecified atom stereocenters. The van der Waals surface area contributed by atoms with E-state index in [1.165, 1.54) is 10.7 Å². The van der Waals surface area contributed by atoms with Gasteiger partial charge in [-0.3, -0.25) is 0 Å². The van der Waals surface area contributed by atoms with Crippen LogP contribution in [0.25, 0.3) is 16.9 Å². The minimum atomic E-state index is -4.55. The van der Waals surface area contributed by atoms with E-state index in [1.54, 1.807) is 42.5 Å². The zero-order chi connectivity index (χ0) is 16.6. The van der Waals surface area contributed by atoms with Gasteiger partial charge in [-0.25, -0.2) is 4.68 Å². The van der Waals surface area contributed by atoms with Crippen molar-refractivity contribution in [2.75, 3.05) is 0 Å². The summed E-state index contributed by atoms with van der Waals surface area (Å²) in [6.07, 6.45) is -4.55. The van der Waals surface area contributed by atoms with Crippen molar-refractivity contribution in [1.29, 1.82) is 0 Å². The fraction of sp³-hybridized carbons (Fsp3) is 0.0625. The minimum absolute atomic E-state index is 0.241. The van der Waals surface area contributed by atoms with Crippen LogP contribution in [0.1, 0.15) is 5.69 Å². The second kappa shape index (κ2) is 5.91. The Bertz CT molecular complexity index is 842. The Morgan fingerprint density at radius 3 is 2.22 bits per heavy atom. The predicted octanol–water partition coefficient (Wildman–Crippen LogP) is 5.86. The molecule has 0 radical (unpaired) electrons. The number of benzene rings is 2. The lowest BCUT2D eigenvalue weighted by Crippen LogP contribution is -2.07. The number of alkyl halides is 3. The van der Waals surface area contributed by atoms with Crippen LogP contribution in [0.4, 0.5) is 13.2 Å². The number of halogens is 5. The molecular formula is C16H9Cl2F3N2. The molecule has 0 atom stereocenters. The molecule has 1 heterocycles. The van der Waals surface area contributed by atoms with Crippen molar-refractivity contribution in [2.24, 2.45) is 0 Å². The summed E-state index contributed by atoms with van der Waals surface area (Å²) in [6.45, 7) is 0. The highest BCUT2D eigenvalue weighted by molar-refractivity contribution is 6.36. The molecule has 2 nitrogen and oxygen atoms in total. The number of hydrogen-bond acceptors (Lipinski definition) is 1. The zero-order valence-corrected chi connectivity index (χ0v) is 13.0. The molecule has 2 aromatic carbocycles. The van der Waals surface area contributed by atoms with Crippen LogP contribution < -0.4 is 0 Å². The van der Waals surface area contributed by atoms with E-state index < -0.39 is 11.9 Å². The zero-order valence-electron chi connectivity index (χ0n) is 11.5. The Balaban J connectivity index is 2.24. The third kappa shape index (κ3) is 3.21. The van der Waals surface area contributed by atoms with E-state index >= 15 is 0 Å². The Morgan fingerprint density at radius 2 is 1.61 bits per heavy atom. The third-order valence-corrected chi connectivity index (χ3v) is 3.76. The largest absolute Gasteiger partial charge is 0.435 e. The van der Waals surface area contributed by atoms with Crippen molar-refractivity contribution < 1.29 is 13.2 Å². The maximum atomic E-state index is 13.0. The van der Waals surface area contributed by atoms with Gasteiger partial charge in [-0.15, -0.1) is 0 Å². The Morgan fingerprint density at radius 1 is 0.913 bits per heavy atom. The maximum absolute atomic E-state index is 13.0. The summed E-state index contributed by atoms with van der Waals surface area (Å²) in [4.78, 5) is 0. The standard InChI is InChI=1S/C16H9Cl2F3N2/c17-10-6-7-12(13(18)8-10)14-9-15(16(19,20)21)22-23(14)11-4-2-1-3-5-11/h1-9H. The highest BCUT2D eigenvalue weighted by atomic mass is 35.5. The lowest BCUT2D eigenvalue weighted by Gasteiger charge is -2.09. The molecule has 23 heavy (non-hydrogen) atoms. The van der Waals surface area contributed by atoms with Crippen molar-refractivity contribution in [3.8, 4) is 16.9 Å². The molecule has 0 N–H and O–H groups in total. The summed E-state index contributed by atoms with van der Waals surface area (Å²) in [5.41, 5.74) is 0.180. The van der Waals surface area contributed by atoms with E-state index in [1.807, 2.05) is 0 Å². The smallest absolute Gasteiger partial charge is 0.232 e. The summed E-state index contributed by atoms with van der Waals surface area (Å²) < 4.78 is 40.4. The fourth-order valence-corrected chi connectivity index (χ4v) is 2.68. The summed E-state index contributed by atoms with van der Waals surface area (Å²) in [7, 11) is 0. The lowest BCUT2D eigenvalue weighted by atomic mass is 10.1. The van der Waals surface area contributed by atoms with E-state index in [2.05, 4.69) is 5.10 Å². The van der Waals surface area contributed by atoms with Crippen LogP contribution in [-0.4, -0.2) is 9.78 Å². The Labute approximate surface area is 140 Å². The van der Waals surface area contributed by atoms with Gasteiger partial charge in [-0.2, -0.15) is 18.3 Å². The number of hydrogen-bond donors (Lipinski definition) is 0. The van der Waals surface area contributed by atoms with Gasteiger partial charge in [0.05, 0.1) is 16.4 Å². The van der Waals surface area contributed by atoms with Crippen molar-refractivity contribution in [3.05, 3.63) is 70.3 Å². The van der Waals surface area contributed by atoms with Crippen LogP contribution >= 0.6 is 23.2 Å². The molecule has 0 fully saturated rings. The topological polar surface area (TPSA) is 17.8 Å². The van der Waals surface area contributed by atoms with Gasteiger partial charge in [-0.1, -0.05) is 41.4 Å². The normalized spacial score (nSPS) is 11.7. The average molecular weight is 357 g/mol. The molecule has 0 aliphatic heterocycles. The minimum Gasteiger partial charge on any atom is -0.232 e. The maximum Gasteiger partial charge on any atom is 0.435 e. The van der Waals surface area contributed by atoms with E-state index in [0.717, 1.165) is 6.07 Å². The molecule has 0 amide bonds. The molecule has 0 aliphatic carbocycles. The van der Waals surface area contributed by atoms with Crippen LogP contribution in [0.3, 0.4) is 0 Å². The summed E-state index contributed by atoms with van der Waals surface area (Å²) in [5, 5.41) is 4.35. The van der Waals surface area contributed by atoms with Gasteiger partial charge >= 0.3 is 6.18 Å². The highest BCUT2D eigenvalue weighted by Gasteiger charge is 2.35. The van der Waals surface area contributed by atoms with Gasteiger partial charge in [0.15, 0.2) is 5.69 Å². The molecule has 7 heteroatoms. The number of para-hydroxylation sites is 1. The lowest BCUT2D eigenvalue weighted by molar-refractivity contribution is -0.141. The summed E-state index contributed by atoms with van der Waals surface area (Å²) >= 11 is 12.0. The van der Waals surface area contributed by atoms with E-state index in [-0.39, 0.29) is 10.7 Å². The van der Waals surface area contributed by atoms with Crippen LogP contribution in [0, 0.1) is 0 Å². The molecule has 1 aromatic heterocycles. The predicted molar refractivity (Wildman–Crippen MR) is 84.0 cm³/mol. The third-order valence-electron chi connectivity index (χ3n) is 3.21. The molecule has 0 saturated carbocycles. The molecule has 0 saturated heterocycles. The molecule has 3 rings (SSSR count). The Hall–Kier alpha value is -1.98. The average Bonchev–Trinajstić information content (AvgIpc) is 2.93. The molecule has 0 aliphatic rings. The van der Waals surface area contributed by atoms with Gasteiger partial charge in [0.1, 0.15) is 0 Å². The number of aromatic nitrogens is 2. The molecular weight excluding hydrogens is 348 g/mol. The van der Waals surface area contributed by atoms with E-state index in [9.17, 15) is 13.2 Å². The van der Waals surface area contributed by atoms with E-state index in [4.69, 9.17) is 23.2 Å². The van der Waals surface area contributed by atoms with Gasteiger partial charge in [0.2, 0.25) is 0 Å². The van der Waals surface area contributed by atoms with Gasteiger partial charge in [-0.05, 0) is 36.4 Å². The van der Waals surface area contributed by atoms with Gasteiger partial charge in [0.25, 0.3) is 0 Å². The van der Waals surface area contributed by atoms with Crippen molar-refractivity contribution in [3.63, 3.8) is 0 Å².